The van der Waals surface area contributed by atoms with Crippen LogP contribution in [0.3, 0.4) is 0 Å². The molecule has 0 amide bonds. The van der Waals surface area contributed by atoms with Crippen LogP contribution in [0.1, 0.15) is 24.3 Å². The van der Waals surface area contributed by atoms with E-state index in [1.54, 1.807) is 7.11 Å². The van der Waals surface area contributed by atoms with Crippen molar-refractivity contribution in [2.24, 2.45) is 0 Å². The maximum absolute atomic E-state index is 5.53. The molecule has 1 aromatic heterocycles. The van der Waals surface area contributed by atoms with Crippen molar-refractivity contribution in [3.8, 4) is 5.75 Å². The first kappa shape index (κ1) is 10.7. The lowest BCUT2D eigenvalue weighted by molar-refractivity contribution is 0.393. The Morgan fingerprint density at radius 1 is 1.35 bits per heavy atom. The van der Waals surface area contributed by atoms with Crippen molar-refractivity contribution in [3.05, 3.63) is 30.0 Å². The molecule has 0 bridgehead atoms. The molecule has 2 N–H and O–H groups in total. The Morgan fingerprint density at radius 3 is 3.06 bits per heavy atom. The molecule has 3 heteroatoms. The number of piperidine rings is 1. The average molecular weight is 230 g/mol. The molecule has 3 nitrogen and oxygen atoms in total. The molecule has 17 heavy (non-hydrogen) atoms. The van der Waals surface area contributed by atoms with Crippen molar-refractivity contribution in [1.82, 2.24) is 10.3 Å². The molecule has 2 heterocycles. The number of fused-ring (bicyclic) bond motifs is 1. The van der Waals surface area contributed by atoms with Crippen LogP contribution in [0.15, 0.2) is 24.4 Å². The van der Waals surface area contributed by atoms with Gasteiger partial charge in [-0.15, -0.1) is 0 Å². The monoisotopic (exact) mass is 230 g/mol. The summed E-state index contributed by atoms with van der Waals surface area (Å²) in [4.78, 5) is 3.27. The topological polar surface area (TPSA) is 37.0 Å². The van der Waals surface area contributed by atoms with Crippen LogP contribution in [0.25, 0.3) is 10.9 Å². The molecule has 0 saturated carbocycles. The summed E-state index contributed by atoms with van der Waals surface area (Å²) in [5.41, 5.74) is 2.53. The summed E-state index contributed by atoms with van der Waals surface area (Å²) in [6, 6.07) is 6.46. The molecular weight excluding hydrogens is 212 g/mol. The number of nitrogens with one attached hydrogen (secondary N) is 2. The summed E-state index contributed by atoms with van der Waals surface area (Å²) in [7, 11) is 1.76. The third-order valence-electron chi connectivity index (χ3n) is 3.64. The lowest BCUT2D eigenvalue weighted by atomic mass is 9.90. The quantitative estimate of drug-likeness (QED) is 0.832. The van der Waals surface area contributed by atoms with Crippen molar-refractivity contribution in [1.29, 1.82) is 0 Å². The summed E-state index contributed by atoms with van der Waals surface area (Å²) in [5, 5.41) is 4.68. The maximum Gasteiger partial charge on any atom is 0.123 e. The lowest BCUT2D eigenvalue weighted by Crippen LogP contribution is -2.28. The number of H-pyrrole nitrogens is 1. The Kier molecular flexibility index (Phi) is 2.77. The first-order chi connectivity index (χ1) is 8.38. The van der Waals surface area contributed by atoms with E-state index in [2.05, 4.69) is 28.5 Å². The molecule has 0 spiro atoms. The smallest absolute Gasteiger partial charge is 0.123 e. The van der Waals surface area contributed by atoms with Gasteiger partial charge in [-0.2, -0.15) is 0 Å². The molecule has 0 radical (unpaired) electrons. The minimum atomic E-state index is 0.575. The predicted octanol–water partition coefficient (Wildman–Crippen LogP) is 2.64. The zero-order valence-electron chi connectivity index (χ0n) is 10.1. The SMILES string of the molecule is COc1cc2cc[nH]c2cc1C1CCCNC1. The van der Waals surface area contributed by atoms with Crippen LogP contribution in [-0.2, 0) is 0 Å². The summed E-state index contributed by atoms with van der Waals surface area (Å²) in [6.07, 6.45) is 4.47. The van der Waals surface area contributed by atoms with E-state index in [1.807, 2.05) is 6.20 Å². The van der Waals surface area contributed by atoms with E-state index in [9.17, 15) is 0 Å². The Labute approximate surface area is 101 Å². The van der Waals surface area contributed by atoms with E-state index in [1.165, 1.54) is 29.3 Å². The van der Waals surface area contributed by atoms with Crippen molar-refractivity contribution in [2.45, 2.75) is 18.8 Å². The Hall–Kier alpha value is -1.48. The fourth-order valence-corrected chi connectivity index (χ4v) is 2.71. The molecule has 1 atom stereocenters. The molecular formula is C14H18N2O. The molecule has 1 aromatic carbocycles. The average Bonchev–Trinajstić information content (AvgIpc) is 2.85. The van der Waals surface area contributed by atoms with Gasteiger partial charge in [0.05, 0.1) is 7.11 Å². The number of hydrogen-bond acceptors (Lipinski definition) is 2. The second-order valence-corrected chi connectivity index (χ2v) is 4.70. The van der Waals surface area contributed by atoms with Crippen LogP contribution in [0.2, 0.25) is 0 Å². The second kappa shape index (κ2) is 4.41. The zero-order chi connectivity index (χ0) is 11.7. The van der Waals surface area contributed by atoms with Crippen LogP contribution >= 0.6 is 0 Å². The van der Waals surface area contributed by atoms with Crippen LogP contribution in [0.5, 0.6) is 5.75 Å². The summed E-state index contributed by atoms with van der Waals surface area (Å²) in [5.74, 6) is 1.59. The highest BCUT2D eigenvalue weighted by Gasteiger charge is 2.19. The Balaban J connectivity index is 2.05. The molecule has 90 valence electrons. The van der Waals surface area contributed by atoms with Crippen molar-refractivity contribution >= 4 is 10.9 Å². The van der Waals surface area contributed by atoms with Gasteiger partial charge in [-0.3, -0.25) is 0 Å². The van der Waals surface area contributed by atoms with Crippen molar-refractivity contribution < 1.29 is 4.74 Å². The minimum absolute atomic E-state index is 0.575. The van der Waals surface area contributed by atoms with Gasteiger partial charge in [-0.1, -0.05) is 0 Å². The number of methoxy groups -OCH3 is 1. The minimum Gasteiger partial charge on any atom is -0.496 e. The van der Waals surface area contributed by atoms with Gasteiger partial charge in [0, 0.05) is 35.1 Å². The maximum atomic E-state index is 5.53. The molecule has 1 aliphatic rings. The summed E-state index contributed by atoms with van der Waals surface area (Å²) < 4.78 is 5.53. The van der Waals surface area contributed by atoms with Crippen LogP contribution in [-0.4, -0.2) is 25.2 Å². The number of benzene rings is 1. The van der Waals surface area contributed by atoms with Crippen LogP contribution < -0.4 is 10.1 Å². The van der Waals surface area contributed by atoms with E-state index in [-0.39, 0.29) is 0 Å². The third-order valence-corrected chi connectivity index (χ3v) is 3.64. The van der Waals surface area contributed by atoms with Crippen LogP contribution in [0.4, 0.5) is 0 Å². The standard InChI is InChI=1S/C14H18N2O/c1-17-14-7-10-4-6-16-13(10)8-12(14)11-3-2-5-15-9-11/h4,6-8,11,15-16H,2-3,5,9H2,1H3. The van der Waals surface area contributed by atoms with Crippen LogP contribution in [0, 0.1) is 0 Å². The highest BCUT2D eigenvalue weighted by molar-refractivity contribution is 5.82. The van der Waals surface area contributed by atoms with Gasteiger partial charge in [-0.05, 0) is 37.6 Å². The second-order valence-electron chi connectivity index (χ2n) is 4.70. The molecule has 1 unspecified atom stereocenters. The first-order valence-corrected chi connectivity index (χ1v) is 6.24. The van der Waals surface area contributed by atoms with E-state index in [0.717, 1.165) is 18.8 Å². The van der Waals surface area contributed by atoms with Crippen molar-refractivity contribution in [3.63, 3.8) is 0 Å². The van der Waals surface area contributed by atoms with Gasteiger partial charge in [-0.25, -0.2) is 0 Å². The van der Waals surface area contributed by atoms with E-state index >= 15 is 0 Å². The predicted molar refractivity (Wildman–Crippen MR) is 69.7 cm³/mol. The van der Waals surface area contributed by atoms with Crippen molar-refractivity contribution in [2.75, 3.05) is 20.2 Å². The fourth-order valence-electron chi connectivity index (χ4n) is 2.71. The molecule has 0 aliphatic carbocycles. The van der Waals surface area contributed by atoms with Gasteiger partial charge >= 0.3 is 0 Å². The Bertz CT molecular complexity index is 512. The number of aromatic amines is 1. The first-order valence-electron chi connectivity index (χ1n) is 6.24. The van der Waals surface area contributed by atoms with Gasteiger partial charge in [0.2, 0.25) is 0 Å². The summed E-state index contributed by atoms with van der Waals surface area (Å²) >= 11 is 0. The molecule has 1 aliphatic heterocycles. The largest absolute Gasteiger partial charge is 0.496 e. The molecule has 1 saturated heterocycles. The van der Waals surface area contributed by atoms with E-state index in [4.69, 9.17) is 4.74 Å². The fraction of sp³-hybridized carbons (Fsp3) is 0.429. The highest BCUT2D eigenvalue weighted by Crippen LogP contribution is 2.34. The van der Waals surface area contributed by atoms with Gasteiger partial charge in [0.1, 0.15) is 5.75 Å². The third kappa shape index (κ3) is 1.91. The van der Waals surface area contributed by atoms with Gasteiger partial charge in [0.25, 0.3) is 0 Å². The van der Waals surface area contributed by atoms with E-state index in [0.29, 0.717) is 5.92 Å². The summed E-state index contributed by atoms with van der Waals surface area (Å²) in [6.45, 7) is 2.20. The molecule has 2 aromatic rings. The van der Waals surface area contributed by atoms with Gasteiger partial charge < -0.3 is 15.0 Å². The molecule has 3 rings (SSSR count). The lowest BCUT2D eigenvalue weighted by Gasteiger charge is -2.24. The van der Waals surface area contributed by atoms with E-state index < -0.39 is 0 Å². The number of rotatable bonds is 2. The van der Waals surface area contributed by atoms with Gasteiger partial charge in [0.15, 0.2) is 0 Å². The molecule has 1 fully saturated rings. The number of ether oxygens (including phenoxy) is 1. The highest BCUT2D eigenvalue weighted by atomic mass is 16.5. The zero-order valence-corrected chi connectivity index (χ0v) is 10.1. The number of aromatic nitrogens is 1. The number of hydrogen-bond donors (Lipinski definition) is 2. The Morgan fingerprint density at radius 2 is 2.29 bits per heavy atom. The normalized spacial score (nSPS) is 20.6.